The molecule has 0 saturated carbocycles. The Hall–Kier alpha value is -3.23. The van der Waals surface area contributed by atoms with Gasteiger partial charge in [-0.1, -0.05) is 0 Å². The zero-order chi connectivity index (χ0) is 20.9. The molecule has 1 unspecified atom stereocenters. The Labute approximate surface area is 165 Å². The molecule has 1 fully saturated rings. The van der Waals surface area contributed by atoms with Gasteiger partial charge in [0.1, 0.15) is 5.70 Å². The van der Waals surface area contributed by atoms with Crippen LogP contribution in [-0.4, -0.2) is 28.6 Å². The number of carbonyl (C=O) groups excluding carboxylic acids is 1. The smallest absolute Gasteiger partial charge is 0.416 e. The summed E-state index contributed by atoms with van der Waals surface area (Å²) < 4.78 is 40.2. The summed E-state index contributed by atoms with van der Waals surface area (Å²) in [6.07, 6.45) is -0.910. The average molecular weight is 405 g/mol. The molecular formula is C20H20F3N4O2+. The zero-order valence-corrected chi connectivity index (χ0v) is 15.8. The fourth-order valence-corrected chi connectivity index (χ4v) is 3.75. The van der Waals surface area contributed by atoms with Gasteiger partial charge in [-0.2, -0.15) is 17.7 Å². The normalized spacial score (nSPS) is 21.7. The van der Waals surface area contributed by atoms with E-state index in [1.54, 1.807) is 41.0 Å². The van der Waals surface area contributed by atoms with Gasteiger partial charge in [0.15, 0.2) is 11.9 Å². The summed E-state index contributed by atoms with van der Waals surface area (Å²) in [5.74, 6) is -0.168. The summed E-state index contributed by atoms with van der Waals surface area (Å²) in [7, 11) is 0. The van der Waals surface area contributed by atoms with Gasteiger partial charge in [-0.05, 0) is 37.3 Å². The molecule has 6 nitrogen and oxygen atoms in total. The number of hydrazine groups is 1. The van der Waals surface area contributed by atoms with Crippen LogP contribution in [0.5, 0.6) is 5.75 Å². The molecule has 2 atom stereocenters. The summed E-state index contributed by atoms with van der Waals surface area (Å²) in [6, 6.07) is 7.35. The van der Waals surface area contributed by atoms with E-state index in [0.29, 0.717) is 23.6 Å². The monoisotopic (exact) mass is 405 g/mol. The van der Waals surface area contributed by atoms with Gasteiger partial charge in [0.05, 0.1) is 11.6 Å². The van der Waals surface area contributed by atoms with Crippen LogP contribution in [0.1, 0.15) is 24.2 Å². The van der Waals surface area contributed by atoms with Crippen molar-refractivity contribution in [1.29, 1.82) is 0 Å². The van der Waals surface area contributed by atoms with E-state index in [0.717, 1.165) is 12.1 Å². The molecule has 0 bridgehead atoms. The lowest BCUT2D eigenvalue weighted by atomic mass is 10.1. The van der Waals surface area contributed by atoms with E-state index >= 15 is 0 Å². The van der Waals surface area contributed by atoms with Crippen LogP contribution in [0.3, 0.4) is 0 Å². The Kier molecular flexibility index (Phi) is 4.40. The number of alkyl halides is 3. The van der Waals surface area contributed by atoms with Gasteiger partial charge in [-0.25, -0.2) is 0 Å². The van der Waals surface area contributed by atoms with Gasteiger partial charge in [0, 0.05) is 31.4 Å². The number of anilines is 1. The number of halogens is 3. The molecule has 4 rings (SSSR count). The standard InChI is InChI=1S/C20H19F3N4O2/c1-12-10-25(15-7-5-14(6-8-15)20(21,22)23)11-16-18(19(29)24-27(12)16)26-9-3-4-17(28)13(26)2/h3-9,11-12,18H,10H2,1-2H3,(H-,24,28,29)/p+1/t12-,18?/m0/s1. The fourth-order valence-electron chi connectivity index (χ4n) is 3.75. The number of amides is 1. The van der Waals surface area contributed by atoms with Crippen molar-refractivity contribution in [3.05, 3.63) is 65.7 Å². The molecule has 1 saturated heterocycles. The highest BCUT2D eigenvalue weighted by atomic mass is 19.4. The highest BCUT2D eigenvalue weighted by Crippen LogP contribution is 2.34. The number of benzene rings is 1. The first-order valence-corrected chi connectivity index (χ1v) is 9.12. The third kappa shape index (κ3) is 3.26. The Morgan fingerprint density at radius 2 is 1.90 bits per heavy atom. The van der Waals surface area contributed by atoms with Crippen LogP contribution >= 0.6 is 0 Å². The predicted molar refractivity (Wildman–Crippen MR) is 98.4 cm³/mol. The lowest BCUT2D eigenvalue weighted by Gasteiger charge is -2.36. The zero-order valence-electron chi connectivity index (χ0n) is 15.8. The van der Waals surface area contributed by atoms with Crippen LogP contribution in [0.15, 0.2) is 54.5 Å². The number of aromatic hydroxyl groups is 1. The second kappa shape index (κ2) is 6.68. The number of hydrogen-bond donors (Lipinski definition) is 2. The van der Waals surface area contributed by atoms with Gasteiger partial charge >= 0.3 is 12.1 Å². The van der Waals surface area contributed by atoms with Crippen molar-refractivity contribution >= 4 is 11.6 Å². The highest BCUT2D eigenvalue weighted by Gasteiger charge is 2.47. The van der Waals surface area contributed by atoms with Crippen LogP contribution in [0.25, 0.3) is 0 Å². The lowest BCUT2D eigenvalue weighted by Crippen LogP contribution is -2.49. The molecule has 2 aliphatic rings. The minimum atomic E-state index is -4.39. The van der Waals surface area contributed by atoms with Crippen molar-refractivity contribution < 1.29 is 27.6 Å². The van der Waals surface area contributed by atoms with Gasteiger partial charge in [0.25, 0.3) is 6.04 Å². The Morgan fingerprint density at radius 3 is 2.55 bits per heavy atom. The van der Waals surface area contributed by atoms with E-state index in [1.165, 1.54) is 12.1 Å². The number of aromatic nitrogens is 1. The largest absolute Gasteiger partial charge is 0.503 e. The van der Waals surface area contributed by atoms with Crippen molar-refractivity contribution in [1.82, 2.24) is 10.4 Å². The maximum atomic E-state index is 12.9. The summed E-state index contributed by atoms with van der Waals surface area (Å²) in [4.78, 5) is 14.5. The average Bonchev–Trinajstić information content (AvgIpc) is 3.00. The molecule has 2 N–H and O–H groups in total. The van der Waals surface area contributed by atoms with Crippen LogP contribution in [0.2, 0.25) is 0 Å². The maximum Gasteiger partial charge on any atom is 0.416 e. The second-order valence-electron chi connectivity index (χ2n) is 7.23. The summed E-state index contributed by atoms with van der Waals surface area (Å²) >= 11 is 0. The molecule has 0 aliphatic carbocycles. The van der Waals surface area contributed by atoms with Gasteiger partial charge in [-0.3, -0.25) is 15.2 Å². The van der Waals surface area contributed by atoms with E-state index in [-0.39, 0.29) is 17.7 Å². The minimum absolute atomic E-state index is 0.0720. The van der Waals surface area contributed by atoms with Crippen molar-refractivity contribution in [3.8, 4) is 5.75 Å². The first kappa shape index (κ1) is 19.1. The molecule has 1 amide bonds. The molecule has 3 heterocycles. The number of hydrogen-bond acceptors (Lipinski definition) is 4. The van der Waals surface area contributed by atoms with Crippen molar-refractivity contribution in [2.75, 3.05) is 11.4 Å². The highest BCUT2D eigenvalue weighted by molar-refractivity contribution is 5.84. The van der Waals surface area contributed by atoms with Crippen molar-refractivity contribution in [2.24, 2.45) is 0 Å². The summed E-state index contributed by atoms with van der Waals surface area (Å²) in [6.45, 7) is 4.13. The number of fused-ring (bicyclic) bond motifs is 1. The molecule has 1 aromatic heterocycles. The topological polar surface area (TPSA) is 59.7 Å². The van der Waals surface area contributed by atoms with E-state index in [2.05, 4.69) is 5.43 Å². The number of rotatable bonds is 2. The number of nitrogens with one attached hydrogen (secondary N) is 1. The summed E-state index contributed by atoms with van der Waals surface area (Å²) in [5.41, 5.74) is 3.94. The quantitative estimate of drug-likeness (QED) is 0.755. The SMILES string of the molecule is Cc1c(O)ccc[n+]1C1C(=O)NN2C1=CN(c1ccc(C(F)(F)F)cc1)C[C@@H]2C. The predicted octanol–water partition coefficient (Wildman–Crippen LogP) is 2.64. The molecule has 1 aromatic carbocycles. The van der Waals surface area contributed by atoms with Crippen molar-refractivity contribution in [3.63, 3.8) is 0 Å². The number of nitrogens with zero attached hydrogens (tertiary/aromatic N) is 3. The minimum Gasteiger partial charge on any atom is -0.503 e. The third-order valence-corrected chi connectivity index (χ3v) is 5.29. The van der Waals surface area contributed by atoms with Crippen LogP contribution in [-0.2, 0) is 11.0 Å². The molecule has 9 heteroatoms. The van der Waals surface area contributed by atoms with E-state index in [4.69, 9.17) is 0 Å². The van der Waals surface area contributed by atoms with Crippen LogP contribution in [0.4, 0.5) is 18.9 Å². The second-order valence-corrected chi connectivity index (χ2v) is 7.23. The van der Waals surface area contributed by atoms with Crippen LogP contribution in [0, 0.1) is 6.92 Å². The molecule has 0 radical (unpaired) electrons. The van der Waals surface area contributed by atoms with Gasteiger partial charge < -0.3 is 10.0 Å². The Morgan fingerprint density at radius 1 is 1.21 bits per heavy atom. The first-order chi connectivity index (χ1) is 13.7. The molecule has 152 valence electrons. The van der Waals surface area contributed by atoms with E-state index in [9.17, 15) is 23.1 Å². The lowest BCUT2D eigenvalue weighted by molar-refractivity contribution is -0.707. The Balaban J connectivity index is 1.73. The van der Waals surface area contributed by atoms with Crippen LogP contribution < -0.4 is 14.9 Å². The number of pyridine rings is 1. The molecule has 2 aliphatic heterocycles. The molecule has 2 aromatic rings. The van der Waals surface area contributed by atoms with Gasteiger partial charge in [-0.15, -0.1) is 0 Å². The number of carbonyl (C=O) groups is 1. The van der Waals surface area contributed by atoms with Gasteiger partial charge in [0.2, 0.25) is 5.69 Å². The third-order valence-electron chi connectivity index (χ3n) is 5.29. The summed E-state index contributed by atoms with van der Waals surface area (Å²) in [5, 5.41) is 11.8. The molecule has 29 heavy (non-hydrogen) atoms. The first-order valence-electron chi connectivity index (χ1n) is 9.12. The van der Waals surface area contributed by atoms with E-state index < -0.39 is 17.8 Å². The maximum absolute atomic E-state index is 12.9. The molecule has 0 spiro atoms. The van der Waals surface area contributed by atoms with Crippen molar-refractivity contribution in [2.45, 2.75) is 32.1 Å². The Bertz CT molecular complexity index is 988. The fraction of sp³-hybridized carbons (Fsp3) is 0.300. The van der Waals surface area contributed by atoms with E-state index in [1.807, 2.05) is 11.8 Å². The molecular weight excluding hydrogens is 385 g/mol.